The highest BCUT2D eigenvalue weighted by Crippen LogP contribution is 2.15. The molecule has 0 fully saturated rings. The number of ether oxygens (including phenoxy) is 1. The molecule has 8 heteroatoms. The summed E-state index contributed by atoms with van der Waals surface area (Å²) in [6.07, 6.45) is 0.800. The maximum Gasteiger partial charge on any atom is 0.229 e. The Bertz CT molecular complexity index is 832. The van der Waals surface area contributed by atoms with E-state index in [0.717, 1.165) is 29.1 Å². The predicted octanol–water partition coefficient (Wildman–Crippen LogP) is 3.50. The molecule has 0 saturated heterocycles. The van der Waals surface area contributed by atoms with Gasteiger partial charge in [0.05, 0.1) is 0 Å². The van der Waals surface area contributed by atoms with Gasteiger partial charge in [-0.2, -0.15) is 0 Å². The van der Waals surface area contributed by atoms with Gasteiger partial charge in [0.2, 0.25) is 11.9 Å². The molecular formula is C20H28N6OS. The van der Waals surface area contributed by atoms with E-state index in [4.69, 9.17) is 17.0 Å². The number of aliphatic imine (C=N–C) groups is 1. The maximum absolute atomic E-state index is 5.47. The fraction of sp³-hybridized carbons (Fsp3) is 0.400. The van der Waals surface area contributed by atoms with Crippen LogP contribution in [0.4, 0.5) is 11.6 Å². The summed E-state index contributed by atoms with van der Waals surface area (Å²) < 4.78 is 5.08. The van der Waals surface area contributed by atoms with Gasteiger partial charge in [0.1, 0.15) is 0 Å². The first-order valence-electron chi connectivity index (χ1n) is 9.15. The van der Waals surface area contributed by atoms with Crippen LogP contribution in [0.1, 0.15) is 28.9 Å². The molecule has 0 unspecified atom stereocenters. The van der Waals surface area contributed by atoms with Crippen molar-refractivity contribution in [1.29, 1.82) is 0 Å². The van der Waals surface area contributed by atoms with Gasteiger partial charge < -0.3 is 15.4 Å². The average Bonchev–Trinajstić information content (AvgIpc) is 2.60. The van der Waals surface area contributed by atoms with Gasteiger partial charge in [-0.1, -0.05) is 17.7 Å². The molecule has 0 bridgehead atoms. The van der Waals surface area contributed by atoms with E-state index in [1.165, 1.54) is 5.56 Å². The molecule has 0 aliphatic carbocycles. The standard InChI is InChI=1S/C20H28N6OS/c1-13-7-8-17(14(2)11-13)24-20(28)26-18(21-9-6-10-27-5)25-19-22-15(3)12-16(4)23-19/h7-8,11-12H,6,9-10H2,1-5H3,(H3,21,22,23,24,25,26,28). The zero-order valence-electron chi connectivity index (χ0n) is 17.1. The fourth-order valence-electron chi connectivity index (χ4n) is 2.61. The number of rotatable bonds is 6. The molecule has 1 aromatic heterocycles. The van der Waals surface area contributed by atoms with Crippen LogP contribution in [0, 0.1) is 27.7 Å². The zero-order chi connectivity index (χ0) is 20.5. The van der Waals surface area contributed by atoms with E-state index in [0.29, 0.717) is 30.2 Å². The van der Waals surface area contributed by atoms with Gasteiger partial charge in [0, 0.05) is 37.3 Å². The van der Waals surface area contributed by atoms with Crippen LogP contribution < -0.4 is 16.0 Å². The van der Waals surface area contributed by atoms with Crippen LogP contribution in [0.2, 0.25) is 0 Å². The molecule has 0 radical (unpaired) electrons. The van der Waals surface area contributed by atoms with Gasteiger partial charge in [-0.05, 0) is 64.0 Å². The molecule has 3 N–H and O–H groups in total. The molecule has 28 heavy (non-hydrogen) atoms. The summed E-state index contributed by atoms with van der Waals surface area (Å²) in [6.45, 7) is 9.18. The summed E-state index contributed by atoms with van der Waals surface area (Å²) in [7, 11) is 1.67. The van der Waals surface area contributed by atoms with Crippen molar-refractivity contribution in [2.75, 3.05) is 30.9 Å². The van der Waals surface area contributed by atoms with E-state index >= 15 is 0 Å². The lowest BCUT2D eigenvalue weighted by Gasteiger charge is -2.15. The number of aromatic nitrogens is 2. The molecule has 0 aliphatic heterocycles. The van der Waals surface area contributed by atoms with Crippen molar-refractivity contribution >= 4 is 34.9 Å². The highest BCUT2D eigenvalue weighted by molar-refractivity contribution is 7.80. The number of guanidine groups is 1. The lowest BCUT2D eigenvalue weighted by molar-refractivity contribution is 0.197. The fourth-order valence-corrected chi connectivity index (χ4v) is 2.82. The van der Waals surface area contributed by atoms with Crippen LogP contribution in [0.3, 0.4) is 0 Å². The van der Waals surface area contributed by atoms with Crippen molar-refractivity contribution in [3.05, 3.63) is 46.8 Å². The number of hydrogen-bond donors (Lipinski definition) is 3. The molecule has 0 atom stereocenters. The molecule has 0 spiro atoms. The van der Waals surface area contributed by atoms with Crippen molar-refractivity contribution in [3.63, 3.8) is 0 Å². The first kappa shape index (κ1) is 21.7. The van der Waals surface area contributed by atoms with Crippen LogP contribution >= 0.6 is 12.2 Å². The second-order valence-electron chi connectivity index (χ2n) is 6.57. The summed E-state index contributed by atoms with van der Waals surface area (Å²) >= 11 is 5.47. The van der Waals surface area contributed by atoms with Crippen molar-refractivity contribution < 1.29 is 4.74 Å². The molecule has 2 aromatic rings. The molecule has 0 aliphatic rings. The van der Waals surface area contributed by atoms with Crippen molar-refractivity contribution in [2.45, 2.75) is 34.1 Å². The number of thiocarbonyl (C=S) groups is 1. The Balaban J connectivity index is 2.10. The van der Waals surface area contributed by atoms with Gasteiger partial charge in [-0.25, -0.2) is 9.97 Å². The first-order valence-corrected chi connectivity index (χ1v) is 9.56. The molecule has 150 valence electrons. The van der Waals surface area contributed by atoms with Crippen molar-refractivity contribution in [2.24, 2.45) is 4.99 Å². The summed E-state index contributed by atoms with van der Waals surface area (Å²) in [6, 6.07) is 8.07. The third-order valence-electron chi connectivity index (χ3n) is 3.85. The van der Waals surface area contributed by atoms with Gasteiger partial charge >= 0.3 is 0 Å². The predicted molar refractivity (Wildman–Crippen MR) is 119 cm³/mol. The van der Waals surface area contributed by atoms with Gasteiger partial charge in [-0.15, -0.1) is 0 Å². The second kappa shape index (κ2) is 10.7. The van der Waals surface area contributed by atoms with Crippen LogP contribution in [-0.4, -0.2) is 41.3 Å². The number of methoxy groups -OCH3 is 1. The van der Waals surface area contributed by atoms with Crippen molar-refractivity contribution in [1.82, 2.24) is 15.3 Å². The Morgan fingerprint density at radius 1 is 1.07 bits per heavy atom. The van der Waals surface area contributed by atoms with Gasteiger partial charge in [-0.3, -0.25) is 10.3 Å². The third kappa shape index (κ3) is 7.21. The highest BCUT2D eigenvalue weighted by Gasteiger charge is 2.08. The molecule has 0 amide bonds. The number of aryl methyl sites for hydroxylation is 4. The number of benzene rings is 1. The quantitative estimate of drug-likeness (QED) is 0.296. The molecule has 7 nitrogen and oxygen atoms in total. The lowest BCUT2D eigenvalue weighted by Crippen LogP contribution is -2.39. The van der Waals surface area contributed by atoms with Crippen molar-refractivity contribution in [3.8, 4) is 0 Å². The Kier molecular flexibility index (Phi) is 8.28. The third-order valence-corrected chi connectivity index (χ3v) is 4.06. The van der Waals surface area contributed by atoms with Gasteiger partial charge in [0.25, 0.3) is 0 Å². The van der Waals surface area contributed by atoms with E-state index < -0.39 is 0 Å². The number of hydrogen-bond acceptors (Lipinski definition) is 5. The minimum Gasteiger partial charge on any atom is -0.385 e. The van der Waals surface area contributed by atoms with Crippen LogP contribution in [0.25, 0.3) is 0 Å². The second-order valence-corrected chi connectivity index (χ2v) is 6.98. The molecule has 1 aromatic carbocycles. The van der Waals surface area contributed by atoms with Crippen LogP contribution in [0.5, 0.6) is 0 Å². The lowest BCUT2D eigenvalue weighted by atomic mass is 10.1. The monoisotopic (exact) mass is 400 g/mol. The molecule has 1 heterocycles. The summed E-state index contributed by atoms with van der Waals surface area (Å²) in [5.41, 5.74) is 5.03. The zero-order valence-corrected chi connectivity index (χ0v) is 17.9. The minimum atomic E-state index is 0.439. The van der Waals surface area contributed by atoms with Crippen LogP contribution in [-0.2, 0) is 4.74 Å². The number of nitrogens with one attached hydrogen (secondary N) is 3. The molecule has 2 rings (SSSR count). The van der Waals surface area contributed by atoms with Crippen LogP contribution in [0.15, 0.2) is 29.3 Å². The summed E-state index contributed by atoms with van der Waals surface area (Å²) in [4.78, 5) is 13.3. The van der Waals surface area contributed by atoms with E-state index in [2.05, 4.69) is 43.9 Å². The molecule has 0 saturated carbocycles. The van der Waals surface area contributed by atoms with E-state index in [1.54, 1.807) is 7.11 Å². The Labute approximate surface area is 172 Å². The van der Waals surface area contributed by atoms with E-state index in [9.17, 15) is 0 Å². The normalized spacial score (nSPS) is 11.2. The van der Waals surface area contributed by atoms with E-state index in [-0.39, 0.29) is 0 Å². The Morgan fingerprint density at radius 2 is 1.79 bits per heavy atom. The SMILES string of the molecule is COCCCN=C(NC(=S)Nc1ccc(C)cc1C)Nc1nc(C)cc(C)n1. The average molecular weight is 401 g/mol. The van der Waals surface area contributed by atoms with E-state index in [1.807, 2.05) is 39.0 Å². The Hall–Kier alpha value is -2.58. The topological polar surface area (TPSA) is 83.5 Å². The summed E-state index contributed by atoms with van der Waals surface area (Å²) in [5.74, 6) is 0.966. The Morgan fingerprint density at radius 3 is 2.43 bits per heavy atom. The summed E-state index contributed by atoms with van der Waals surface area (Å²) in [5, 5.41) is 9.89. The smallest absolute Gasteiger partial charge is 0.229 e. The van der Waals surface area contributed by atoms with Gasteiger partial charge in [0.15, 0.2) is 5.11 Å². The largest absolute Gasteiger partial charge is 0.385 e. The molecular weight excluding hydrogens is 372 g/mol. The first-order chi connectivity index (χ1) is 13.4. The minimum absolute atomic E-state index is 0.439. The maximum atomic E-state index is 5.47. The highest BCUT2D eigenvalue weighted by atomic mass is 32.1. The number of nitrogens with zero attached hydrogens (tertiary/aromatic N) is 3. The number of anilines is 2.